The quantitative estimate of drug-likeness (QED) is 0.859. The fourth-order valence-corrected chi connectivity index (χ4v) is 4.58. The van der Waals surface area contributed by atoms with E-state index in [9.17, 15) is 0 Å². The van der Waals surface area contributed by atoms with Crippen LogP contribution < -0.4 is 0 Å². The van der Waals surface area contributed by atoms with Crippen molar-refractivity contribution in [3.05, 3.63) is 24.3 Å². The Morgan fingerprint density at radius 1 is 1.18 bits per heavy atom. The molecular formula is C18H27N3O. The van der Waals surface area contributed by atoms with E-state index in [0.717, 1.165) is 30.5 Å². The van der Waals surface area contributed by atoms with Gasteiger partial charge in [0.2, 0.25) is 0 Å². The Kier molecular flexibility index (Phi) is 4.39. The summed E-state index contributed by atoms with van der Waals surface area (Å²) in [7, 11) is 0. The van der Waals surface area contributed by atoms with Crippen LogP contribution in [0.5, 0.6) is 0 Å². The molecule has 1 aliphatic carbocycles. The van der Waals surface area contributed by atoms with Crippen LogP contribution in [0.15, 0.2) is 18.6 Å². The molecule has 3 aliphatic rings. The normalized spacial score (nSPS) is 33.7. The molecule has 1 aromatic heterocycles. The second kappa shape index (κ2) is 6.63. The van der Waals surface area contributed by atoms with E-state index in [4.69, 9.17) is 4.74 Å². The Morgan fingerprint density at radius 2 is 2.09 bits per heavy atom. The van der Waals surface area contributed by atoms with E-state index in [2.05, 4.69) is 14.9 Å². The van der Waals surface area contributed by atoms with Crippen LogP contribution in [0.25, 0.3) is 0 Å². The minimum atomic E-state index is 0.188. The van der Waals surface area contributed by atoms with Gasteiger partial charge in [0.25, 0.3) is 0 Å². The van der Waals surface area contributed by atoms with Gasteiger partial charge in [-0.2, -0.15) is 0 Å². The maximum atomic E-state index is 6.34. The van der Waals surface area contributed by atoms with Crippen LogP contribution in [0.3, 0.4) is 0 Å². The van der Waals surface area contributed by atoms with E-state index in [1.165, 1.54) is 51.6 Å². The monoisotopic (exact) mass is 301 g/mol. The molecule has 3 atom stereocenters. The molecule has 3 fully saturated rings. The lowest BCUT2D eigenvalue weighted by molar-refractivity contribution is -0.0132. The van der Waals surface area contributed by atoms with Crippen LogP contribution in [0.2, 0.25) is 0 Å². The molecule has 1 saturated carbocycles. The topological polar surface area (TPSA) is 38.2 Å². The zero-order valence-electron chi connectivity index (χ0n) is 13.4. The van der Waals surface area contributed by atoms with E-state index < -0.39 is 0 Å². The molecule has 22 heavy (non-hydrogen) atoms. The minimum Gasteiger partial charge on any atom is -0.367 e. The van der Waals surface area contributed by atoms with Crippen molar-refractivity contribution in [2.24, 2.45) is 11.8 Å². The largest absolute Gasteiger partial charge is 0.367 e. The van der Waals surface area contributed by atoms with E-state index in [1.807, 2.05) is 12.3 Å². The lowest BCUT2D eigenvalue weighted by Gasteiger charge is -2.37. The summed E-state index contributed by atoms with van der Waals surface area (Å²) < 4.78 is 6.34. The molecule has 0 aromatic carbocycles. The summed E-state index contributed by atoms with van der Waals surface area (Å²) in [6.07, 6.45) is 13.7. The summed E-state index contributed by atoms with van der Waals surface area (Å²) in [5.74, 6) is 1.66. The van der Waals surface area contributed by atoms with Crippen molar-refractivity contribution in [3.63, 3.8) is 0 Å². The van der Waals surface area contributed by atoms with Gasteiger partial charge in [-0.1, -0.05) is 19.3 Å². The molecule has 4 nitrogen and oxygen atoms in total. The first kappa shape index (κ1) is 14.6. The lowest BCUT2D eigenvalue weighted by Crippen LogP contribution is -2.44. The van der Waals surface area contributed by atoms with Crippen molar-refractivity contribution in [1.29, 1.82) is 0 Å². The number of piperidine rings is 1. The molecule has 3 heterocycles. The van der Waals surface area contributed by atoms with Gasteiger partial charge >= 0.3 is 0 Å². The molecule has 0 radical (unpaired) electrons. The summed E-state index contributed by atoms with van der Waals surface area (Å²) in [6.45, 7) is 3.69. The number of nitrogens with zero attached hydrogens (tertiary/aromatic N) is 3. The second-order valence-electron chi connectivity index (χ2n) is 7.35. The molecule has 0 bridgehead atoms. The Hall–Kier alpha value is -1.00. The van der Waals surface area contributed by atoms with Crippen LogP contribution in [-0.4, -0.2) is 40.6 Å². The van der Waals surface area contributed by atoms with Gasteiger partial charge in [0, 0.05) is 19.3 Å². The predicted octanol–water partition coefficient (Wildman–Crippen LogP) is 3.21. The molecule has 0 amide bonds. The third kappa shape index (κ3) is 3.18. The number of likely N-dealkylation sites (tertiary alicyclic amines) is 1. The number of rotatable bonds is 3. The first-order valence-electron chi connectivity index (χ1n) is 9.02. The van der Waals surface area contributed by atoms with Gasteiger partial charge in [-0.05, 0) is 50.1 Å². The Bertz CT molecular complexity index is 474. The number of hydrogen-bond donors (Lipinski definition) is 0. The molecule has 120 valence electrons. The van der Waals surface area contributed by atoms with E-state index in [1.54, 1.807) is 6.33 Å². The van der Waals surface area contributed by atoms with Gasteiger partial charge in [-0.3, -0.25) is 0 Å². The SMILES string of the molecule is c1cc([C@H]2C[C@@H]3CCN(CC4CCCCC4)C[C@H]3O2)ncn1. The van der Waals surface area contributed by atoms with Gasteiger partial charge in [0.05, 0.1) is 11.8 Å². The first-order valence-corrected chi connectivity index (χ1v) is 9.02. The maximum Gasteiger partial charge on any atom is 0.115 e. The van der Waals surface area contributed by atoms with Crippen LogP contribution in [0, 0.1) is 11.8 Å². The average Bonchev–Trinajstić information content (AvgIpc) is 3.00. The third-order valence-corrected chi connectivity index (χ3v) is 5.81. The molecule has 0 spiro atoms. The molecule has 2 aliphatic heterocycles. The predicted molar refractivity (Wildman–Crippen MR) is 85.4 cm³/mol. The minimum absolute atomic E-state index is 0.188. The van der Waals surface area contributed by atoms with Crippen molar-refractivity contribution in [2.75, 3.05) is 19.6 Å². The van der Waals surface area contributed by atoms with Crippen molar-refractivity contribution in [3.8, 4) is 0 Å². The van der Waals surface area contributed by atoms with Crippen LogP contribution >= 0.6 is 0 Å². The van der Waals surface area contributed by atoms with Crippen molar-refractivity contribution in [1.82, 2.24) is 14.9 Å². The number of ether oxygens (including phenoxy) is 1. The summed E-state index contributed by atoms with van der Waals surface area (Å²) in [6, 6.07) is 2.00. The van der Waals surface area contributed by atoms with E-state index >= 15 is 0 Å². The molecule has 4 heteroatoms. The highest BCUT2D eigenvalue weighted by Gasteiger charge is 2.40. The first-order chi connectivity index (χ1) is 10.9. The smallest absolute Gasteiger partial charge is 0.115 e. The highest BCUT2D eigenvalue weighted by Crippen LogP contribution is 2.40. The molecule has 1 aromatic rings. The highest BCUT2D eigenvalue weighted by atomic mass is 16.5. The Morgan fingerprint density at radius 3 is 2.91 bits per heavy atom. The molecule has 4 rings (SSSR count). The van der Waals surface area contributed by atoms with Gasteiger partial charge in [-0.15, -0.1) is 0 Å². The van der Waals surface area contributed by atoms with Crippen molar-refractivity contribution >= 4 is 0 Å². The van der Waals surface area contributed by atoms with Crippen LogP contribution in [-0.2, 0) is 4.74 Å². The fourth-order valence-electron chi connectivity index (χ4n) is 4.58. The van der Waals surface area contributed by atoms with E-state index in [-0.39, 0.29) is 6.10 Å². The Labute approximate surface area is 133 Å². The van der Waals surface area contributed by atoms with E-state index in [0.29, 0.717) is 6.10 Å². The lowest BCUT2D eigenvalue weighted by atomic mass is 9.87. The zero-order chi connectivity index (χ0) is 14.8. The summed E-state index contributed by atoms with van der Waals surface area (Å²) >= 11 is 0. The highest BCUT2D eigenvalue weighted by molar-refractivity contribution is 5.06. The molecule has 2 saturated heterocycles. The molecular weight excluding hydrogens is 274 g/mol. The Balaban J connectivity index is 1.33. The summed E-state index contributed by atoms with van der Waals surface area (Å²) in [4.78, 5) is 11.1. The third-order valence-electron chi connectivity index (χ3n) is 5.81. The van der Waals surface area contributed by atoms with Gasteiger partial charge in [-0.25, -0.2) is 9.97 Å². The molecule has 0 N–H and O–H groups in total. The average molecular weight is 301 g/mol. The van der Waals surface area contributed by atoms with Crippen molar-refractivity contribution < 1.29 is 4.74 Å². The standard InChI is InChI=1S/C18H27N3O/c1-2-4-14(5-3-1)11-21-9-7-15-10-17(22-18(15)12-21)16-6-8-19-13-20-16/h6,8,13-15,17-18H,1-5,7,9-12H2/t15-,17+,18+/m0/s1. The summed E-state index contributed by atoms with van der Waals surface area (Å²) in [5.41, 5.74) is 1.06. The van der Waals surface area contributed by atoms with Gasteiger partial charge < -0.3 is 9.64 Å². The number of hydrogen-bond acceptors (Lipinski definition) is 4. The fraction of sp³-hybridized carbons (Fsp3) is 0.778. The van der Waals surface area contributed by atoms with Crippen LogP contribution in [0.1, 0.15) is 56.7 Å². The maximum absolute atomic E-state index is 6.34. The zero-order valence-corrected chi connectivity index (χ0v) is 13.4. The number of aromatic nitrogens is 2. The van der Waals surface area contributed by atoms with Gasteiger partial charge in [0.15, 0.2) is 0 Å². The number of fused-ring (bicyclic) bond motifs is 1. The molecule has 0 unspecified atom stereocenters. The second-order valence-corrected chi connectivity index (χ2v) is 7.35. The van der Waals surface area contributed by atoms with Gasteiger partial charge in [0.1, 0.15) is 12.4 Å². The van der Waals surface area contributed by atoms with Crippen molar-refractivity contribution in [2.45, 2.75) is 57.2 Å². The summed E-state index contributed by atoms with van der Waals surface area (Å²) in [5, 5.41) is 0. The van der Waals surface area contributed by atoms with Crippen LogP contribution in [0.4, 0.5) is 0 Å².